The molecule has 0 unspecified atom stereocenters. The van der Waals surface area contributed by atoms with Gasteiger partial charge in [-0.05, 0) is 42.2 Å². The molecule has 28 heavy (non-hydrogen) atoms. The van der Waals surface area contributed by atoms with Crippen molar-refractivity contribution >= 4 is 39.1 Å². The number of hydrogen-bond donors (Lipinski definition) is 1. The molecule has 1 aromatic carbocycles. The van der Waals surface area contributed by atoms with E-state index in [1.165, 1.54) is 4.31 Å². The van der Waals surface area contributed by atoms with Gasteiger partial charge in [0.05, 0.1) is 21.7 Å². The Hall–Kier alpha value is -1.67. The van der Waals surface area contributed by atoms with Crippen LogP contribution in [0.3, 0.4) is 0 Å². The number of nitrogens with one attached hydrogen (secondary N) is 1. The summed E-state index contributed by atoms with van der Waals surface area (Å²) in [6.45, 7) is 0.970. The highest BCUT2D eigenvalue weighted by atomic mass is 35.5. The van der Waals surface area contributed by atoms with Crippen LogP contribution in [0.5, 0.6) is 0 Å². The van der Waals surface area contributed by atoms with Gasteiger partial charge in [0.2, 0.25) is 15.9 Å². The second-order valence-corrected chi connectivity index (χ2v) is 9.56. The van der Waals surface area contributed by atoms with E-state index in [-0.39, 0.29) is 24.1 Å². The van der Waals surface area contributed by atoms with E-state index in [0.29, 0.717) is 41.5 Å². The first-order valence-corrected chi connectivity index (χ1v) is 11.3. The molecule has 1 N–H and O–H groups in total. The van der Waals surface area contributed by atoms with Crippen molar-refractivity contribution < 1.29 is 13.2 Å². The maximum absolute atomic E-state index is 12.8. The van der Waals surface area contributed by atoms with Crippen LogP contribution < -0.4 is 5.32 Å². The molecule has 0 radical (unpaired) electrons. The molecule has 0 bridgehead atoms. The van der Waals surface area contributed by atoms with E-state index in [4.69, 9.17) is 23.2 Å². The van der Waals surface area contributed by atoms with Gasteiger partial charge in [0.25, 0.3) is 0 Å². The van der Waals surface area contributed by atoms with Gasteiger partial charge >= 0.3 is 0 Å². The fourth-order valence-corrected chi connectivity index (χ4v) is 5.10. The van der Waals surface area contributed by atoms with E-state index in [0.717, 1.165) is 5.56 Å². The molecule has 1 amide bonds. The lowest BCUT2D eigenvalue weighted by molar-refractivity contribution is -0.126. The predicted molar refractivity (Wildman–Crippen MR) is 109 cm³/mol. The number of nitrogens with zero attached hydrogens (tertiary/aromatic N) is 2. The van der Waals surface area contributed by atoms with Crippen LogP contribution in [0.25, 0.3) is 0 Å². The molecule has 1 aliphatic heterocycles. The van der Waals surface area contributed by atoms with Crippen LogP contribution in [0.15, 0.2) is 42.7 Å². The summed E-state index contributed by atoms with van der Waals surface area (Å²) in [5.74, 6) is -0.680. The van der Waals surface area contributed by atoms with Crippen LogP contribution in [0.4, 0.5) is 0 Å². The summed E-state index contributed by atoms with van der Waals surface area (Å²) in [6.07, 6.45) is 4.67. The van der Waals surface area contributed by atoms with Crippen molar-refractivity contribution in [3.63, 3.8) is 0 Å². The Bertz CT molecular complexity index is 939. The van der Waals surface area contributed by atoms with Gasteiger partial charge in [0.1, 0.15) is 0 Å². The lowest BCUT2D eigenvalue weighted by atomic mass is 9.99. The van der Waals surface area contributed by atoms with Crippen LogP contribution >= 0.6 is 23.2 Å². The summed E-state index contributed by atoms with van der Waals surface area (Å²) in [5, 5.41) is 3.57. The predicted octanol–water partition coefficient (Wildman–Crippen LogP) is 3.25. The highest BCUT2D eigenvalue weighted by Crippen LogP contribution is 2.26. The number of carbonyl (C=O) groups excluding carboxylic acids is 1. The molecule has 1 aliphatic rings. The summed E-state index contributed by atoms with van der Waals surface area (Å²) < 4.78 is 27.0. The average Bonchev–Trinajstić information content (AvgIpc) is 2.69. The summed E-state index contributed by atoms with van der Waals surface area (Å²) in [6, 6.07) is 8.47. The Labute approximate surface area is 174 Å². The van der Waals surface area contributed by atoms with Gasteiger partial charge in [-0.15, -0.1) is 0 Å². The zero-order chi connectivity index (χ0) is 20.1. The van der Waals surface area contributed by atoms with Crippen molar-refractivity contribution in [1.82, 2.24) is 14.6 Å². The van der Waals surface area contributed by atoms with E-state index < -0.39 is 10.0 Å². The fraction of sp³-hybridized carbons (Fsp3) is 0.368. The Kier molecular flexibility index (Phi) is 6.93. The standard InChI is InChI=1S/C19H21Cl2N3O3S/c20-17-6-5-14(9-18(17)21)13-28(26,27)24-8-2-4-16(12-24)19(25)23-11-15-3-1-7-22-10-15/h1,3,5-7,9-10,16H,2,4,8,11-13H2,(H,23,25)/t16-/m0/s1. The number of aromatic nitrogens is 1. The average molecular weight is 442 g/mol. The van der Waals surface area contributed by atoms with Crippen LogP contribution in [-0.4, -0.2) is 36.7 Å². The molecular weight excluding hydrogens is 421 g/mol. The molecule has 1 fully saturated rings. The molecule has 1 atom stereocenters. The summed E-state index contributed by atoms with van der Waals surface area (Å²) in [7, 11) is -3.56. The lowest BCUT2D eigenvalue weighted by Crippen LogP contribution is -2.45. The maximum Gasteiger partial charge on any atom is 0.224 e. The minimum absolute atomic E-state index is 0.140. The van der Waals surface area contributed by atoms with Crippen LogP contribution in [0, 0.1) is 5.92 Å². The van der Waals surface area contributed by atoms with Gasteiger partial charge in [-0.2, -0.15) is 0 Å². The Morgan fingerprint density at radius 2 is 2.04 bits per heavy atom. The second-order valence-electron chi connectivity index (χ2n) is 6.78. The number of halogens is 2. The summed E-state index contributed by atoms with van der Waals surface area (Å²) in [4.78, 5) is 16.5. The third-order valence-corrected chi connectivity index (χ3v) is 7.23. The van der Waals surface area contributed by atoms with Gasteiger partial charge < -0.3 is 5.32 Å². The second kappa shape index (κ2) is 9.22. The van der Waals surface area contributed by atoms with Gasteiger partial charge in [0.15, 0.2) is 0 Å². The van der Waals surface area contributed by atoms with E-state index in [1.54, 1.807) is 36.7 Å². The number of pyridine rings is 1. The number of rotatable bonds is 6. The number of hydrogen-bond acceptors (Lipinski definition) is 4. The zero-order valence-electron chi connectivity index (χ0n) is 15.1. The third-order valence-electron chi connectivity index (χ3n) is 4.67. The molecule has 2 heterocycles. The molecule has 9 heteroatoms. The Balaban J connectivity index is 1.61. The molecule has 6 nitrogen and oxygen atoms in total. The lowest BCUT2D eigenvalue weighted by Gasteiger charge is -2.31. The Morgan fingerprint density at radius 1 is 1.21 bits per heavy atom. The number of amides is 1. The van der Waals surface area contributed by atoms with Gasteiger partial charge in [0, 0.05) is 32.0 Å². The van der Waals surface area contributed by atoms with E-state index in [2.05, 4.69) is 10.3 Å². The largest absolute Gasteiger partial charge is 0.352 e. The van der Waals surface area contributed by atoms with Gasteiger partial charge in [-0.1, -0.05) is 35.3 Å². The minimum Gasteiger partial charge on any atom is -0.352 e. The first kappa shape index (κ1) is 21.0. The quantitative estimate of drug-likeness (QED) is 0.745. The van der Waals surface area contributed by atoms with Crippen molar-refractivity contribution in [2.75, 3.05) is 13.1 Å². The smallest absolute Gasteiger partial charge is 0.224 e. The fourth-order valence-electron chi connectivity index (χ4n) is 3.18. The molecule has 0 saturated carbocycles. The zero-order valence-corrected chi connectivity index (χ0v) is 17.5. The van der Waals surface area contributed by atoms with Crippen molar-refractivity contribution in [2.24, 2.45) is 5.92 Å². The van der Waals surface area contributed by atoms with E-state index in [9.17, 15) is 13.2 Å². The highest BCUT2D eigenvalue weighted by molar-refractivity contribution is 7.88. The Morgan fingerprint density at radius 3 is 2.75 bits per heavy atom. The van der Waals surface area contributed by atoms with Crippen LogP contribution in [0.1, 0.15) is 24.0 Å². The third kappa shape index (κ3) is 5.44. The molecule has 0 spiro atoms. The first-order chi connectivity index (χ1) is 13.3. The van der Waals surface area contributed by atoms with Crippen molar-refractivity contribution in [2.45, 2.75) is 25.1 Å². The van der Waals surface area contributed by atoms with Crippen molar-refractivity contribution in [3.8, 4) is 0 Å². The number of piperidine rings is 1. The SMILES string of the molecule is O=C(NCc1cccnc1)[C@H]1CCCN(S(=O)(=O)Cc2ccc(Cl)c(Cl)c2)C1. The molecule has 1 aromatic heterocycles. The summed E-state index contributed by atoms with van der Waals surface area (Å²) >= 11 is 11.9. The van der Waals surface area contributed by atoms with E-state index >= 15 is 0 Å². The molecule has 0 aliphatic carbocycles. The van der Waals surface area contributed by atoms with Crippen molar-refractivity contribution in [3.05, 3.63) is 63.9 Å². The molecule has 1 saturated heterocycles. The number of carbonyl (C=O) groups is 1. The molecular formula is C19H21Cl2N3O3S. The number of benzene rings is 1. The van der Waals surface area contributed by atoms with Crippen molar-refractivity contribution in [1.29, 1.82) is 0 Å². The topological polar surface area (TPSA) is 79.4 Å². The minimum atomic E-state index is -3.56. The monoisotopic (exact) mass is 441 g/mol. The number of sulfonamides is 1. The van der Waals surface area contributed by atoms with Crippen LogP contribution in [-0.2, 0) is 27.1 Å². The summed E-state index contributed by atoms with van der Waals surface area (Å²) in [5.41, 5.74) is 1.47. The molecule has 3 rings (SSSR count). The first-order valence-electron chi connectivity index (χ1n) is 8.93. The van der Waals surface area contributed by atoms with E-state index in [1.807, 2.05) is 6.07 Å². The maximum atomic E-state index is 12.8. The molecule has 150 valence electrons. The normalized spacial score (nSPS) is 18.0. The van der Waals surface area contributed by atoms with Crippen LogP contribution in [0.2, 0.25) is 10.0 Å². The van der Waals surface area contributed by atoms with Gasteiger partial charge in [-0.25, -0.2) is 12.7 Å². The molecule has 2 aromatic rings. The highest BCUT2D eigenvalue weighted by Gasteiger charge is 2.32. The van der Waals surface area contributed by atoms with Gasteiger partial charge in [-0.3, -0.25) is 9.78 Å².